The van der Waals surface area contributed by atoms with Crippen LogP contribution >= 0.6 is 11.3 Å². The smallest absolute Gasteiger partial charge is 0.311 e. The Balaban J connectivity index is 2.08. The maximum atomic E-state index is 11.7. The fourth-order valence-electron chi connectivity index (χ4n) is 2.03. The third kappa shape index (κ3) is 1.96. The van der Waals surface area contributed by atoms with Crippen LogP contribution in [0.2, 0.25) is 0 Å². The van der Waals surface area contributed by atoms with Crippen LogP contribution in [0.4, 0.5) is 5.69 Å². The molecule has 0 saturated carbocycles. The summed E-state index contributed by atoms with van der Waals surface area (Å²) in [4.78, 5) is 16.2. The van der Waals surface area contributed by atoms with Crippen molar-refractivity contribution in [1.82, 2.24) is 4.57 Å². The van der Waals surface area contributed by atoms with Gasteiger partial charge >= 0.3 is 4.87 Å². The molecule has 0 unspecified atom stereocenters. The van der Waals surface area contributed by atoms with Crippen molar-refractivity contribution < 1.29 is 5.11 Å². The number of benzene rings is 1. The molecule has 98 valence electrons. The standard InChI is InChI=1S/C15H10N2O2S/c1-2-7-17-14(18)13(20-15(17)19)8-10-9-16-12-6-4-3-5-11(10)12/h1,3-6,8-9,18H,7H2/b10-8-. The number of aromatic hydroxyl groups is 1. The van der Waals surface area contributed by atoms with Gasteiger partial charge in [-0.15, -0.1) is 6.42 Å². The number of para-hydroxylation sites is 1. The predicted molar refractivity (Wildman–Crippen MR) is 81.5 cm³/mol. The molecule has 3 rings (SSSR count). The van der Waals surface area contributed by atoms with Crippen LogP contribution in [0.3, 0.4) is 0 Å². The summed E-state index contributed by atoms with van der Waals surface area (Å²) in [5, 5.41) is 10.0. The molecule has 0 fully saturated rings. The minimum atomic E-state index is -0.268. The monoisotopic (exact) mass is 282 g/mol. The lowest BCUT2D eigenvalue weighted by Gasteiger charge is -1.99. The van der Waals surface area contributed by atoms with E-state index in [1.165, 1.54) is 4.57 Å². The second-order valence-corrected chi connectivity index (χ2v) is 5.21. The molecule has 2 aromatic rings. The summed E-state index contributed by atoms with van der Waals surface area (Å²) >= 11 is 0.966. The van der Waals surface area contributed by atoms with Crippen LogP contribution in [-0.4, -0.2) is 15.9 Å². The molecule has 2 heterocycles. The van der Waals surface area contributed by atoms with E-state index in [2.05, 4.69) is 10.9 Å². The van der Waals surface area contributed by atoms with Gasteiger partial charge in [-0.3, -0.25) is 14.4 Å². The van der Waals surface area contributed by atoms with Gasteiger partial charge in [-0.1, -0.05) is 35.5 Å². The van der Waals surface area contributed by atoms with E-state index in [4.69, 9.17) is 6.42 Å². The van der Waals surface area contributed by atoms with E-state index in [9.17, 15) is 9.90 Å². The third-order valence-corrected chi connectivity index (χ3v) is 3.90. The van der Waals surface area contributed by atoms with Crippen LogP contribution in [0, 0.1) is 12.3 Å². The number of thiazole rings is 1. The van der Waals surface area contributed by atoms with Crippen LogP contribution in [0.15, 0.2) is 34.1 Å². The Morgan fingerprint density at radius 2 is 2.25 bits per heavy atom. The second kappa shape index (κ2) is 4.83. The van der Waals surface area contributed by atoms with Crippen LogP contribution in [0.5, 0.6) is 5.88 Å². The number of aromatic nitrogens is 1. The van der Waals surface area contributed by atoms with Gasteiger partial charge in [0.25, 0.3) is 0 Å². The van der Waals surface area contributed by atoms with Gasteiger partial charge in [0.2, 0.25) is 5.88 Å². The Morgan fingerprint density at radius 3 is 3.05 bits per heavy atom. The molecule has 0 spiro atoms. The van der Waals surface area contributed by atoms with E-state index in [1.807, 2.05) is 24.3 Å². The fourth-order valence-corrected chi connectivity index (χ4v) is 2.87. The number of allylic oxidation sites excluding steroid dienone is 1. The molecule has 0 saturated heterocycles. The normalized spacial score (nSPS) is 14.4. The van der Waals surface area contributed by atoms with Crippen LogP contribution in [0.25, 0.3) is 11.6 Å². The minimum Gasteiger partial charge on any atom is -0.493 e. The highest BCUT2D eigenvalue weighted by molar-refractivity contribution is 7.10. The average molecular weight is 282 g/mol. The van der Waals surface area contributed by atoms with Crippen LogP contribution in [0.1, 0.15) is 10.4 Å². The highest BCUT2D eigenvalue weighted by Gasteiger charge is 2.15. The van der Waals surface area contributed by atoms with Gasteiger partial charge in [0.15, 0.2) is 0 Å². The third-order valence-electron chi connectivity index (χ3n) is 2.99. The first-order valence-electron chi connectivity index (χ1n) is 5.92. The molecule has 0 atom stereocenters. The van der Waals surface area contributed by atoms with E-state index in [1.54, 1.807) is 12.3 Å². The van der Waals surface area contributed by atoms with Crippen molar-refractivity contribution in [3.8, 4) is 18.2 Å². The number of rotatable bonds is 2. The molecule has 0 radical (unpaired) electrons. The van der Waals surface area contributed by atoms with Gasteiger partial charge in [-0.2, -0.15) is 0 Å². The molecule has 0 bridgehead atoms. The van der Waals surface area contributed by atoms with Crippen LogP contribution < -0.4 is 4.87 Å². The van der Waals surface area contributed by atoms with Crippen molar-refractivity contribution in [3.05, 3.63) is 44.4 Å². The molecular weight excluding hydrogens is 272 g/mol. The van der Waals surface area contributed by atoms with Crippen molar-refractivity contribution in [2.45, 2.75) is 6.54 Å². The van der Waals surface area contributed by atoms with Gasteiger partial charge in [-0.05, 0) is 12.1 Å². The molecular formula is C15H10N2O2S. The van der Waals surface area contributed by atoms with E-state index in [-0.39, 0.29) is 17.3 Å². The Hall–Kier alpha value is -2.58. The summed E-state index contributed by atoms with van der Waals surface area (Å²) in [5.41, 5.74) is 2.73. The molecule has 1 aliphatic heterocycles. The number of hydrogen-bond donors (Lipinski definition) is 1. The molecule has 4 nitrogen and oxygen atoms in total. The van der Waals surface area contributed by atoms with Crippen molar-refractivity contribution in [2.75, 3.05) is 0 Å². The largest absolute Gasteiger partial charge is 0.493 e. The van der Waals surface area contributed by atoms with E-state index in [0.29, 0.717) is 4.88 Å². The molecule has 0 aliphatic carbocycles. The number of hydrogen-bond acceptors (Lipinski definition) is 4. The maximum Gasteiger partial charge on any atom is 0.311 e. The SMILES string of the molecule is C#CCn1c(O)c(/C=C2/C=Nc3ccccc32)sc1=O. The van der Waals surface area contributed by atoms with Crippen molar-refractivity contribution in [3.63, 3.8) is 0 Å². The first-order chi connectivity index (χ1) is 9.70. The lowest BCUT2D eigenvalue weighted by atomic mass is 10.1. The number of aliphatic imine (C=N–C) groups is 1. The number of terminal acetylenes is 1. The van der Waals surface area contributed by atoms with Gasteiger partial charge in [0.1, 0.15) is 0 Å². The molecule has 1 N–H and O–H groups in total. The fraction of sp³-hybridized carbons (Fsp3) is 0.0667. The van der Waals surface area contributed by atoms with Crippen LogP contribution in [-0.2, 0) is 6.54 Å². The zero-order valence-corrected chi connectivity index (χ0v) is 11.2. The molecule has 0 amide bonds. The molecule has 1 aromatic heterocycles. The summed E-state index contributed by atoms with van der Waals surface area (Å²) in [6.07, 6.45) is 8.66. The zero-order valence-electron chi connectivity index (χ0n) is 10.4. The summed E-state index contributed by atoms with van der Waals surface area (Å²) in [7, 11) is 0. The Kier molecular flexibility index (Phi) is 3.01. The molecule has 1 aliphatic rings. The molecule has 20 heavy (non-hydrogen) atoms. The quantitative estimate of drug-likeness (QED) is 0.860. The predicted octanol–water partition coefficient (Wildman–Crippen LogP) is 2.51. The van der Waals surface area contributed by atoms with E-state index in [0.717, 1.165) is 28.2 Å². The first-order valence-corrected chi connectivity index (χ1v) is 6.73. The molecule has 5 heteroatoms. The highest BCUT2D eigenvalue weighted by atomic mass is 32.1. The summed E-state index contributed by atoms with van der Waals surface area (Å²) < 4.78 is 1.18. The lowest BCUT2D eigenvalue weighted by Crippen LogP contribution is -2.10. The lowest BCUT2D eigenvalue weighted by molar-refractivity contribution is 0.423. The van der Waals surface area contributed by atoms with Crippen molar-refractivity contribution >= 4 is 34.9 Å². The average Bonchev–Trinajstić information content (AvgIpc) is 2.97. The summed E-state index contributed by atoms with van der Waals surface area (Å²) in [6.45, 7) is 0.0645. The summed E-state index contributed by atoms with van der Waals surface area (Å²) in [5.74, 6) is 2.26. The van der Waals surface area contributed by atoms with Gasteiger partial charge in [0, 0.05) is 17.4 Å². The topological polar surface area (TPSA) is 54.6 Å². The first kappa shape index (κ1) is 12.5. The summed E-state index contributed by atoms with van der Waals surface area (Å²) in [6, 6.07) is 7.70. The Bertz CT molecular complexity index is 834. The van der Waals surface area contributed by atoms with Gasteiger partial charge < -0.3 is 5.11 Å². The molecule has 1 aromatic carbocycles. The Labute approximate surface area is 119 Å². The second-order valence-electron chi connectivity index (χ2n) is 4.22. The maximum absolute atomic E-state index is 11.7. The van der Waals surface area contributed by atoms with Gasteiger partial charge in [-0.25, -0.2) is 0 Å². The number of nitrogens with zero attached hydrogens (tertiary/aromatic N) is 2. The zero-order chi connectivity index (χ0) is 14.1. The Morgan fingerprint density at radius 1 is 1.45 bits per heavy atom. The van der Waals surface area contributed by atoms with Crippen molar-refractivity contribution in [2.24, 2.45) is 4.99 Å². The van der Waals surface area contributed by atoms with E-state index >= 15 is 0 Å². The van der Waals surface area contributed by atoms with E-state index < -0.39 is 0 Å². The van der Waals surface area contributed by atoms with Gasteiger partial charge in [0.05, 0.1) is 17.1 Å². The minimum absolute atomic E-state index is 0.0645. The number of fused-ring (bicyclic) bond motifs is 1. The van der Waals surface area contributed by atoms with Crippen molar-refractivity contribution in [1.29, 1.82) is 0 Å². The highest BCUT2D eigenvalue weighted by Crippen LogP contribution is 2.34.